The van der Waals surface area contributed by atoms with Gasteiger partial charge in [0.25, 0.3) is 0 Å². The molecule has 0 aromatic heterocycles. The minimum Gasteiger partial charge on any atom is -0.508 e. The van der Waals surface area contributed by atoms with Gasteiger partial charge in [0, 0.05) is 12.3 Å². The van der Waals surface area contributed by atoms with Crippen molar-refractivity contribution in [3.8, 4) is 5.75 Å². The number of aliphatic hydroxyl groups excluding tert-OH is 1. The number of hydrogen-bond acceptors (Lipinski definition) is 6. The molecule has 6 atom stereocenters. The summed E-state index contributed by atoms with van der Waals surface area (Å²) < 4.78 is 5.70. The molecule has 2 saturated carbocycles. The van der Waals surface area contributed by atoms with Gasteiger partial charge in [-0.3, -0.25) is 0 Å². The first kappa shape index (κ1) is 21.1. The minimum atomic E-state index is -1.42. The molecule has 0 unspecified atom stereocenters. The van der Waals surface area contributed by atoms with Crippen LogP contribution in [0.5, 0.6) is 5.75 Å². The van der Waals surface area contributed by atoms with Gasteiger partial charge in [0.2, 0.25) is 0 Å². The molecule has 4 N–H and O–H groups in total. The smallest absolute Gasteiger partial charge is 0.338 e. The molecule has 0 aliphatic heterocycles. The summed E-state index contributed by atoms with van der Waals surface area (Å²) in [5.41, 5.74) is -2.61. The van der Waals surface area contributed by atoms with Gasteiger partial charge >= 0.3 is 5.97 Å². The third kappa shape index (κ3) is 3.53. The van der Waals surface area contributed by atoms with Gasteiger partial charge < -0.3 is 25.2 Å². The maximum absolute atomic E-state index is 12.6. The molecule has 6 nitrogen and oxygen atoms in total. The van der Waals surface area contributed by atoms with Gasteiger partial charge in [-0.25, -0.2) is 4.79 Å². The summed E-state index contributed by atoms with van der Waals surface area (Å²) in [7, 11) is 0. The lowest BCUT2D eigenvalue weighted by molar-refractivity contribution is -0.118. The van der Waals surface area contributed by atoms with Gasteiger partial charge in [-0.15, -0.1) is 0 Å². The van der Waals surface area contributed by atoms with Gasteiger partial charge in [-0.2, -0.15) is 0 Å². The van der Waals surface area contributed by atoms with Crippen LogP contribution in [0.3, 0.4) is 0 Å². The highest BCUT2D eigenvalue weighted by Gasteiger charge is 2.62. The average Bonchev–Trinajstić information content (AvgIpc) is 2.83. The maximum Gasteiger partial charge on any atom is 0.338 e. The molecule has 2 fully saturated rings. The molecule has 2 aliphatic carbocycles. The fourth-order valence-corrected chi connectivity index (χ4v) is 5.35. The van der Waals surface area contributed by atoms with E-state index in [-0.39, 0.29) is 23.7 Å². The van der Waals surface area contributed by atoms with Gasteiger partial charge in [0.15, 0.2) is 0 Å². The third-order valence-electron chi connectivity index (χ3n) is 7.09. The largest absolute Gasteiger partial charge is 0.508 e. The Hall–Kier alpha value is -1.63. The van der Waals surface area contributed by atoms with Gasteiger partial charge in [-0.05, 0) is 61.8 Å². The highest BCUT2D eigenvalue weighted by molar-refractivity contribution is 5.89. The molecule has 1 aromatic rings. The van der Waals surface area contributed by atoms with Crippen molar-refractivity contribution < 1.29 is 30.0 Å². The summed E-state index contributed by atoms with van der Waals surface area (Å²) in [5, 5.41) is 42.7. The molecule has 0 amide bonds. The predicted molar refractivity (Wildman–Crippen MR) is 104 cm³/mol. The van der Waals surface area contributed by atoms with E-state index >= 15 is 0 Å². The number of phenols is 1. The van der Waals surface area contributed by atoms with Crippen LogP contribution in [-0.4, -0.2) is 49.8 Å². The number of hydrogen-bond donors (Lipinski definition) is 4. The Balaban J connectivity index is 1.89. The fourth-order valence-electron chi connectivity index (χ4n) is 5.35. The number of phenolic OH excluding ortho intramolecular Hbond substituents is 1. The minimum absolute atomic E-state index is 0.0236. The summed E-state index contributed by atoms with van der Waals surface area (Å²) >= 11 is 0. The fraction of sp³-hybridized carbons (Fsp3) is 0.682. The third-order valence-corrected chi connectivity index (χ3v) is 7.09. The summed E-state index contributed by atoms with van der Waals surface area (Å²) in [6.07, 6.45) is -0.0625. The average molecular weight is 392 g/mol. The first-order valence-corrected chi connectivity index (χ1v) is 10.0. The molecule has 0 spiro atoms. The van der Waals surface area contributed by atoms with E-state index in [2.05, 4.69) is 0 Å². The maximum atomic E-state index is 12.6. The molecular formula is C22H32O6. The van der Waals surface area contributed by atoms with E-state index in [1.165, 1.54) is 24.3 Å². The number of aliphatic hydroxyl groups is 3. The molecular weight excluding hydrogens is 360 g/mol. The molecule has 1 aromatic carbocycles. The molecule has 6 heteroatoms. The van der Waals surface area contributed by atoms with Crippen molar-refractivity contribution in [2.75, 3.05) is 0 Å². The lowest BCUT2D eigenvalue weighted by atomic mass is 9.68. The number of fused-ring (bicyclic) bond motifs is 1. The SMILES string of the molecule is CC(C)[C@]1(O)CC[C@]2(C)C[C@@H](OC(=O)c3ccc(O)cc3)[C@@](C)(O)C[C@H](O)[C@H]21. The summed E-state index contributed by atoms with van der Waals surface area (Å²) in [5.74, 6) is -0.965. The number of rotatable bonds is 3. The number of aromatic hydroxyl groups is 1. The molecule has 156 valence electrons. The Kier molecular flexibility index (Phi) is 5.28. The normalized spacial score (nSPS) is 40.8. The van der Waals surface area contributed by atoms with Crippen molar-refractivity contribution >= 4 is 5.97 Å². The highest BCUT2D eigenvalue weighted by atomic mass is 16.6. The van der Waals surface area contributed by atoms with E-state index in [1.54, 1.807) is 6.92 Å². The molecule has 2 aliphatic rings. The Morgan fingerprint density at radius 3 is 2.29 bits per heavy atom. The van der Waals surface area contributed by atoms with Crippen LogP contribution in [0.25, 0.3) is 0 Å². The topological polar surface area (TPSA) is 107 Å². The number of carbonyl (C=O) groups is 1. The van der Waals surface area contributed by atoms with Gasteiger partial charge in [-0.1, -0.05) is 20.8 Å². The monoisotopic (exact) mass is 392 g/mol. The summed E-state index contributed by atoms with van der Waals surface area (Å²) in [6, 6.07) is 5.75. The van der Waals surface area contributed by atoms with E-state index in [0.29, 0.717) is 19.3 Å². The van der Waals surface area contributed by atoms with Crippen LogP contribution in [0.2, 0.25) is 0 Å². The Morgan fingerprint density at radius 1 is 1.11 bits per heavy atom. The van der Waals surface area contributed by atoms with Crippen molar-refractivity contribution in [3.05, 3.63) is 29.8 Å². The second-order valence-corrected chi connectivity index (χ2v) is 9.55. The standard InChI is InChI=1S/C22H32O6/c1-13(2)22(27)10-9-20(3)12-17(21(4,26)11-16(24)18(20)22)28-19(25)14-5-7-15(23)8-6-14/h5-8,13,16-18,23-24,26-27H,9-12H2,1-4H3/t16-,17+,18+,20+,21-,22+/m0/s1. The zero-order valence-electron chi connectivity index (χ0n) is 17.1. The molecule has 0 bridgehead atoms. The Morgan fingerprint density at radius 2 is 1.71 bits per heavy atom. The van der Waals surface area contributed by atoms with Crippen LogP contribution < -0.4 is 0 Å². The molecule has 28 heavy (non-hydrogen) atoms. The summed E-state index contributed by atoms with van der Waals surface area (Å²) in [4.78, 5) is 12.6. The van der Waals surface area contributed by atoms with Gasteiger partial charge in [0.1, 0.15) is 17.5 Å². The number of carbonyl (C=O) groups excluding carboxylic acids is 1. The number of esters is 1. The zero-order valence-corrected chi connectivity index (χ0v) is 17.1. The molecule has 0 radical (unpaired) electrons. The van der Waals surface area contributed by atoms with Crippen LogP contribution in [-0.2, 0) is 4.74 Å². The van der Waals surface area contributed by atoms with Crippen molar-refractivity contribution in [3.63, 3.8) is 0 Å². The van der Waals surface area contributed by atoms with Crippen LogP contribution in [0.1, 0.15) is 63.7 Å². The van der Waals surface area contributed by atoms with Crippen LogP contribution in [0.4, 0.5) is 0 Å². The lowest BCUT2D eigenvalue weighted by Gasteiger charge is -2.42. The van der Waals surface area contributed by atoms with Crippen LogP contribution >= 0.6 is 0 Å². The number of benzene rings is 1. The van der Waals surface area contributed by atoms with E-state index < -0.39 is 40.7 Å². The van der Waals surface area contributed by atoms with Crippen molar-refractivity contribution in [2.45, 2.75) is 76.8 Å². The second-order valence-electron chi connectivity index (χ2n) is 9.55. The summed E-state index contributed by atoms with van der Waals surface area (Å²) in [6.45, 7) is 7.47. The molecule has 0 heterocycles. The highest BCUT2D eigenvalue weighted by Crippen LogP contribution is 2.59. The van der Waals surface area contributed by atoms with E-state index in [4.69, 9.17) is 4.74 Å². The zero-order chi connectivity index (χ0) is 20.9. The van der Waals surface area contributed by atoms with E-state index in [9.17, 15) is 25.2 Å². The van der Waals surface area contributed by atoms with Crippen molar-refractivity contribution in [2.24, 2.45) is 17.3 Å². The second kappa shape index (κ2) is 7.01. The molecule has 3 rings (SSSR count). The Labute approximate surface area is 166 Å². The van der Waals surface area contributed by atoms with Crippen LogP contribution in [0.15, 0.2) is 24.3 Å². The molecule has 0 saturated heterocycles. The number of ether oxygens (including phenoxy) is 1. The van der Waals surface area contributed by atoms with Crippen LogP contribution in [0, 0.1) is 17.3 Å². The van der Waals surface area contributed by atoms with Crippen molar-refractivity contribution in [1.82, 2.24) is 0 Å². The van der Waals surface area contributed by atoms with E-state index in [0.717, 1.165) is 0 Å². The lowest BCUT2D eigenvalue weighted by Crippen LogP contribution is -2.49. The first-order chi connectivity index (χ1) is 12.9. The first-order valence-electron chi connectivity index (χ1n) is 10.0. The van der Waals surface area contributed by atoms with Crippen molar-refractivity contribution in [1.29, 1.82) is 0 Å². The van der Waals surface area contributed by atoms with E-state index in [1.807, 2.05) is 20.8 Å². The van der Waals surface area contributed by atoms with Gasteiger partial charge in [0.05, 0.1) is 17.3 Å². The predicted octanol–water partition coefficient (Wildman–Crippen LogP) is 2.63. The quantitative estimate of drug-likeness (QED) is 0.589. The Bertz CT molecular complexity index is 727.